The SMILES string of the molecule is CC[C@@H](OC[C@H](O)CNC(C)(C)CC1Cc2ccccc2C1)c1cc(Cl)ccc1CCC(=O)O. The van der Waals surface area contributed by atoms with Crippen molar-refractivity contribution < 1.29 is 19.7 Å². The molecule has 3 N–H and O–H groups in total. The molecule has 2 atom stereocenters. The molecule has 0 aliphatic heterocycles. The van der Waals surface area contributed by atoms with Crippen LogP contribution in [-0.4, -0.2) is 41.0 Å². The molecule has 6 heteroatoms. The van der Waals surface area contributed by atoms with Gasteiger partial charge >= 0.3 is 5.97 Å². The molecule has 0 radical (unpaired) electrons. The second kappa shape index (κ2) is 12.2. The summed E-state index contributed by atoms with van der Waals surface area (Å²) in [5, 5.41) is 23.8. The van der Waals surface area contributed by atoms with E-state index in [0.717, 1.165) is 30.4 Å². The lowest BCUT2D eigenvalue weighted by atomic mass is 9.88. The molecule has 0 spiro atoms. The van der Waals surface area contributed by atoms with Crippen LogP contribution in [0.5, 0.6) is 0 Å². The Morgan fingerprint density at radius 3 is 2.50 bits per heavy atom. The number of fused-ring (bicyclic) bond motifs is 1. The highest BCUT2D eigenvalue weighted by Crippen LogP contribution is 2.32. The molecule has 0 fully saturated rings. The standard InChI is InChI=1S/C28H38ClNO4/c1-4-26(25-15-23(29)11-9-20(25)10-12-27(32)33)34-18-24(31)17-30-28(2,3)16-19-13-21-7-5-6-8-22(21)14-19/h5-9,11,15,19,24,26,30-31H,4,10,12-14,16-18H2,1-3H3,(H,32,33)/t24-,26-/m1/s1. The number of aliphatic hydroxyl groups is 1. The van der Waals surface area contributed by atoms with Crippen LogP contribution in [0.25, 0.3) is 0 Å². The van der Waals surface area contributed by atoms with Crippen molar-refractivity contribution in [3.8, 4) is 0 Å². The molecule has 0 saturated carbocycles. The van der Waals surface area contributed by atoms with Crippen LogP contribution in [0.4, 0.5) is 0 Å². The van der Waals surface area contributed by atoms with E-state index in [2.05, 4.69) is 43.4 Å². The van der Waals surface area contributed by atoms with Gasteiger partial charge in [-0.25, -0.2) is 0 Å². The van der Waals surface area contributed by atoms with Gasteiger partial charge in [0, 0.05) is 23.5 Å². The summed E-state index contributed by atoms with van der Waals surface area (Å²) in [5.74, 6) is -0.217. The van der Waals surface area contributed by atoms with E-state index >= 15 is 0 Å². The summed E-state index contributed by atoms with van der Waals surface area (Å²) in [6.45, 7) is 7.05. The summed E-state index contributed by atoms with van der Waals surface area (Å²) in [5.41, 5.74) is 4.66. The third-order valence-electron chi connectivity index (χ3n) is 6.67. The second-order valence-corrected chi connectivity index (χ2v) is 10.6. The van der Waals surface area contributed by atoms with Crippen LogP contribution in [-0.2, 0) is 28.8 Å². The summed E-state index contributed by atoms with van der Waals surface area (Å²) < 4.78 is 6.09. The van der Waals surface area contributed by atoms with Gasteiger partial charge in [-0.2, -0.15) is 0 Å². The van der Waals surface area contributed by atoms with E-state index in [1.807, 2.05) is 19.1 Å². The fourth-order valence-electron chi connectivity index (χ4n) is 5.03. The van der Waals surface area contributed by atoms with E-state index in [4.69, 9.17) is 21.4 Å². The number of aliphatic hydroxyl groups excluding tert-OH is 1. The highest BCUT2D eigenvalue weighted by molar-refractivity contribution is 6.30. The van der Waals surface area contributed by atoms with Crippen LogP contribution < -0.4 is 5.32 Å². The van der Waals surface area contributed by atoms with Gasteiger partial charge in [0.15, 0.2) is 0 Å². The van der Waals surface area contributed by atoms with Crippen molar-refractivity contribution in [1.82, 2.24) is 5.32 Å². The number of nitrogens with one attached hydrogen (secondary N) is 1. The number of ether oxygens (including phenoxy) is 1. The molecule has 0 heterocycles. The Labute approximate surface area is 208 Å². The van der Waals surface area contributed by atoms with Gasteiger partial charge in [-0.3, -0.25) is 4.79 Å². The Kier molecular flexibility index (Phi) is 9.55. The van der Waals surface area contributed by atoms with Crippen molar-refractivity contribution in [1.29, 1.82) is 0 Å². The minimum Gasteiger partial charge on any atom is -0.481 e. The highest BCUT2D eigenvalue weighted by atomic mass is 35.5. The number of benzene rings is 2. The van der Waals surface area contributed by atoms with Crippen molar-refractivity contribution in [2.75, 3.05) is 13.2 Å². The summed E-state index contributed by atoms with van der Waals surface area (Å²) in [7, 11) is 0. The number of hydrogen-bond donors (Lipinski definition) is 3. The molecule has 0 aromatic heterocycles. The summed E-state index contributed by atoms with van der Waals surface area (Å²) in [6, 6.07) is 14.2. The molecule has 0 amide bonds. The number of halogens is 1. The van der Waals surface area contributed by atoms with E-state index in [-0.39, 0.29) is 24.7 Å². The lowest BCUT2D eigenvalue weighted by Gasteiger charge is -2.31. The molecule has 2 aromatic carbocycles. The first kappa shape index (κ1) is 26.7. The molecule has 34 heavy (non-hydrogen) atoms. The molecular weight excluding hydrogens is 450 g/mol. The maximum atomic E-state index is 11.0. The summed E-state index contributed by atoms with van der Waals surface area (Å²) >= 11 is 6.21. The summed E-state index contributed by atoms with van der Waals surface area (Å²) in [6.07, 6.45) is 3.57. The van der Waals surface area contributed by atoms with Crippen molar-refractivity contribution in [3.63, 3.8) is 0 Å². The Balaban J connectivity index is 1.49. The molecule has 186 valence electrons. The lowest BCUT2D eigenvalue weighted by Crippen LogP contribution is -2.45. The average Bonchev–Trinajstić information content (AvgIpc) is 3.19. The Morgan fingerprint density at radius 1 is 1.21 bits per heavy atom. The molecule has 1 aliphatic carbocycles. The smallest absolute Gasteiger partial charge is 0.303 e. The van der Waals surface area contributed by atoms with Gasteiger partial charge in [0.05, 0.1) is 18.8 Å². The molecule has 0 bridgehead atoms. The molecule has 5 nitrogen and oxygen atoms in total. The first-order chi connectivity index (χ1) is 16.2. The van der Waals surface area contributed by atoms with Crippen LogP contribution >= 0.6 is 11.6 Å². The number of carbonyl (C=O) groups is 1. The molecule has 3 rings (SSSR count). The van der Waals surface area contributed by atoms with Gasteiger partial charge in [0.25, 0.3) is 0 Å². The van der Waals surface area contributed by atoms with Crippen molar-refractivity contribution in [2.24, 2.45) is 5.92 Å². The monoisotopic (exact) mass is 487 g/mol. The Morgan fingerprint density at radius 2 is 1.88 bits per heavy atom. The zero-order valence-corrected chi connectivity index (χ0v) is 21.3. The van der Waals surface area contributed by atoms with Gasteiger partial charge < -0.3 is 20.3 Å². The van der Waals surface area contributed by atoms with Crippen LogP contribution in [0.1, 0.15) is 68.4 Å². The molecule has 1 aliphatic rings. The van der Waals surface area contributed by atoms with Crippen molar-refractivity contribution in [2.45, 2.75) is 77.0 Å². The molecule has 2 aromatic rings. The first-order valence-electron chi connectivity index (χ1n) is 12.3. The maximum absolute atomic E-state index is 11.0. The van der Waals surface area contributed by atoms with Crippen LogP contribution in [0, 0.1) is 5.92 Å². The number of hydrogen-bond acceptors (Lipinski definition) is 4. The normalized spacial score (nSPS) is 15.8. The van der Waals surface area contributed by atoms with Gasteiger partial charge in [0.2, 0.25) is 0 Å². The number of rotatable bonds is 13. The zero-order valence-electron chi connectivity index (χ0n) is 20.5. The zero-order chi connectivity index (χ0) is 24.7. The van der Waals surface area contributed by atoms with Crippen LogP contribution in [0.15, 0.2) is 42.5 Å². The predicted octanol–water partition coefficient (Wildman–Crippen LogP) is 5.36. The minimum absolute atomic E-state index is 0.0543. The lowest BCUT2D eigenvalue weighted by molar-refractivity contribution is -0.136. The molecular formula is C28H38ClNO4. The van der Waals surface area contributed by atoms with Crippen molar-refractivity contribution in [3.05, 3.63) is 69.7 Å². The largest absolute Gasteiger partial charge is 0.481 e. The van der Waals surface area contributed by atoms with Gasteiger partial charge in [-0.1, -0.05) is 48.9 Å². The summed E-state index contributed by atoms with van der Waals surface area (Å²) in [4.78, 5) is 11.0. The first-order valence-corrected chi connectivity index (χ1v) is 12.7. The van der Waals surface area contributed by atoms with Crippen LogP contribution in [0.3, 0.4) is 0 Å². The van der Waals surface area contributed by atoms with Gasteiger partial charge in [-0.05, 0) is 86.3 Å². The van der Waals surface area contributed by atoms with E-state index in [9.17, 15) is 9.90 Å². The van der Waals surface area contributed by atoms with E-state index in [1.165, 1.54) is 11.1 Å². The van der Waals surface area contributed by atoms with Crippen LogP contribution in [0.2, 0.25) is 5.02 Å². The quantitative estimate of drug-likeness (QED) is 0.354. The Bertz CT molecular complexity index is 936. The third-order valence-corrected chi connectivity index (χ3v) is 6.91. The maximum Gasteiger partial charge on any atom is 0.303 e. The number of aliphatic carboxylic acids is 1. The number of aryl methyl sites for hydroxylation is 1. The number of carboxylic acid groups (broad SMARTS) is 1. The number of β-amino-alcohol motifs (C(OH)–C–C–N with tert-alkyl or cyclic N) is 1. The second-order valence-electron chi connectivity index (χ2n) is 10.1. The van der Waals surface area contributed by atoms with E-state index < -0.39 is 12.1 Å². The van der Waals surface area contributed by atoms with Crippen molar-refractivity contribution >= 4 is 17.6 Å². The fraction of sp³-hybridized carbons (Fsp3) is 0.536. The van der Waals surface area contributed by atoms with E-state index in [0.29, 0.717) is 30.3 Å². The molecule has 0 unspecified atom stereocenters. The van der Waals surface area contributed by atoms with Gasteiger partial charge in [-0.15, -0.1) is 0 Å². The third kappa shape index (κ3) is 7.81. The predicted molar refractivity (Wildman–Crippen MR) is 136 cm³/mol. The fourth-order valence-corrected chi connectivity index (χ4v) is 5.21. The highest BCUT2D eigenvalue weighted by Gasteiger charge is 2.28. The van der Waals surface area contributed by atoms with E-state index in [1.54, 1.807) is 6.07 Å². The Hall–Kier alpha value is -1.92. The van der Waals surface area contributed by atoms with Gasteiger partial charge in [0.1, 0.15) is 0 Å². The molecule has 0 saturated heterocycles. The number of carboxylic acids is 1. The topological polar surface area (TPSA) is 78.8 Å². The minimum atomic E-state index is -0.833. The average molecular weight is 488 g/mol.